The van der Waals surface area contributed by atoms with Crippen molar-refractivity contribution in [1.82, 2.24) is 25.5 Å². The summed E-state index contributed by atoms with van der Waals surface area (Å²) in [4.78, 5) is 19.6. The average molecular weight is 372 g/mol. The van der Waals surface area contributed by atoms with Gasteiger partial charge in [0.1, 0.15) is 5.82 Å². The molecule has 3 aromatic heterocycles. The second-order valence-corrected chi connectivity index (χ2v) is 6.34. The van der Waals surface area contributed by atoms with Gasteiger partial charge in [-0.05, 0) is 42.3 Å². The number of fused-ring (bicyclic) bond motifs is 1. The molecule has 7 heteroatoms. The molecule has 0 aliphatic carbocycles. The molecule has 4 aromatic rings. The topological polar surface area (TPSA) is 95.6 Å². The number of hydrogen-bond acceptors (Lipinski definition) is 5. The second kappa shape index (κ2) is 8.30. The van der Waals surface area contributed by atoms with E-state index in [9.17, 15) is 4.79 Å². The summed E-state index contributed by atoms with van der Waals surface area (Å²) in [6.45, 7) is 1.08. The quantitative estimate of drug-likeness (QED) is 0.464. The van der Waals surface area contributed by atoms with Gasteiger partial charge in [0.05, 0.1) is 12.2 Å². The van der Waals surface area contributed by atoms with Crippen LogP contribution in [0.2, 0.25) is 0 Å². The Balaban J connectivity index is 1.29. The van der Waals surface area contributed by atoms with Crippen LogP contribution in [0.1, 0.15) is 21.7 Å². The molecule has 0 atom stereocenters. The monoisotopic (exact) mass is 372 g/mol. The summed E-state index contributed by atoms with van der Waals surface area (Å²) in [7, 11) is 0. The summed E-state index contributed by atoms with van der Waals surface area (Å²) in [5.74, 6) is 0.365. The van der Waals surface area contributed by atoms with Gasteiger partial charge in [-0.3, -0.25) is 9.78 Å². The third kappa shape index (κ3) is 4.15. The van der Waals surface area contributed by atoms with Crippen molar-refractivity contribution in [1.29, 1.82) is 0 Å². The summed E-state index contributed by atoms with van der Waals surface area (Å²) in [5.41, 5.74) is 3.46. The van der Waals surface area contributed by atoms with Crippen molar-refractivity contribution in [3.8, 4) is 0 Å². The molecule has 0 unspecified atom stereocenters. The van der Waals surface area contributed by atoms with E-state index in [1.54, 1.807) is 18.3 Å². The van der Waals surface area contributed by atoms with Crippen LogP contribution >= 0.6 is 0 Å². The molecule has 0 fully saturated rings. The molecule has 140 valence electrons. The van der Waals surface area contributed by atoms with Crippen LogP contribution in [0, 0.1) is 0 Å². The Morgan fingerprint density at radius 3 is 2.71 bits per heavy atom. The van der Waals surface area contributed by atoms with Crippen molar-refractivity contribution in [2.75, 3.05) is 11.9 Å². The van der Waals surface area contributed by atoms with Crippen LogP contribution in [0.3, 0.4) is 0 Å². The van der Waals surface area contributed by atoms with Crippen molar-refractivity contribution < 1.29 is 4.79 Å². The van der Waals surface area contributed by atoms with Crippen LogP contribution in [0.15, 0.2) is 67.0 Å². The molecule has 28 heavy (non-hydrogen) atoms. The molecule has 4 rings (SSSR count). The van der Waals surface area contributed by atoms with Crippen molar-refractivity contribution in [2.24, 2.45) is 0 Å². The number of hydrogen-bond donors (Lipinski definition) is 3. The van der Waals surface area contributed by atoms with Gasteiger partial charge in [-0.15, -0.1) is 10.2 Å². The van der Waals surface area contributed by atoms with Crippen molar-refractivity contribution in [3.63, 3.8) is 0 Å². The molecule has 0 saturated carbocycles. The van der Waals surface area contributed by atoms with Crippen LogP contribution in [0.4, 0.5) is 5.82 Å². The number of carbonyl (C=O) groups excluding carboxylic acids is 1. The van der Waals surface area contributed by atoms with Gasteiger partial charge in [-0.2, -0.15) is 0 Å². The zero-order valence-corrected chi connectivity index (χ0v) is 15.2. The minimum atomic E-state index is -0.275. The number of H-pyrrole nitrogens is 1. The molecule has 3 heterocycles. The Labute approximate surface area is 162 Å². The lowest BCUT2D eigenvalue weighted by Gasteiger charge is -2.06. The molecule has 0 radical (unpaired) electrons. The molecule has 0 spiro atoms. The molecule has 7 nitrogen and oxygen atoms in total. The minimum Gasteiger partial charge on any atom is -0.368 e. The molecule has 0 bridgehead atoms. The summed E-state index contributed by atoms with van der Waals surface area (Å²) < 4.78 is 0. The first-order valence-electron chi connectivity index (χ1n) is 9.10. The Bertz CT molecular complexity index is 1060. The maximum Gasteiger partial charge on any atom is 0.272 e. The number of pyridine rings is 1. The Morgan fingerprint density at radius 1 is 1.00 bits per heavy atom. The first-order valence-corrected chi connectivity index (χ1v) is 9.10. The average Bonchev–Trinajstić information content (AvgIpc) is 3.16. The zero-order valence-electron chi connectivity index (χ0n) is 15.2. The largest absolute Gasteiger partial charge is 0.368 e. The molecular weight excluding hydrogens is 352 g/mol. The molecular formula is C21H20N6O. The van der Waals surface area contributed by atoms with E-state index in [1.165, 1.54) is 10.9 Å². The maximum atomic E-state index is 12.2. The number of anilines is 1. The second-order valence-electron chi connectivity index (χ2n) is 6.34. The highest BCUT2D eigenvalue weighted by atomic mass is 16.1. The van der Waals surface area contributed by atoms with Gasteiger partial charge >= 0.3 is 0 Å². The Hall–Kier alpha value is -3.74. The Morgan fingerprint density at radius 2 is 1.89 bits per heavy atom. The standard InChI is InChI=1S/C21H20N6O/c28-21(25-14-16-5-3-4-11-22-16)19-8-9-20(27-26-19)23-12-10-15-13-24-18-7-2-1-6-17(15)18/h1-9,11,13,24H,10,12,14H2,(H,23,27)(H,25,28). The summed E-state index contributed by atoms with van der Waals surface area (Å²) in [5, 5.41) is 15.4. The molecule has 0 aliphatic rings. The van der Waals surface area contributed by atoms with Crippen LogP contribution in [-0.2, 0) is 13.0 Å². The van der Waals surface area contributed by atoms with Crippen LogP contribution in [-0.4, -0.2) is 32.6 Å². The van der Waals surface area contributed by atoms with E-state index in [4.69, 9.17) is 0 Å². The van der Waals surface area contributed by atoms with Gasteiger partial charge in [0.2, 0.25) is 0 Å². The SMILES string of the molecule is O=C(NCc1ccccn1)c1ccc(NCCc2c[nH]c3ccccc23)nn1. The van der Waals surface area contributed by atoms with Gasteiger partial charge in [0.15, 0.2) is 5.69 Å². The van der Waals surface area contributed by atoms with Gasteiger partial charge < -0.3 is 15.6 Å². The molecule has 0 aliphatic heterocycles. The normalized spacial score (nSPS) is 10.7. The summed E-state index contributed by atoms with van der Waals surface area (Å²) in [6, 6.07) is 17.2. The lowest BCUT2D eigenvalue weighted by molar-refractivity contribution is 0.0944. The number of nitrogens with one attached hydrogen (secondary N) is 3. The predicted octanol–water partition coefficient (Wildman–Crippen LogP) is 2.94. The predicted molar refractivity (Wildman–Crippen MR) is 108 cm³/mol. The summed E-state index contributed by atoms with van der Waals surface area (Å²) in [6.07, 6.45) is 4.59. The van der Waals surface area contributed by atoms with E-state index < -0.39 is 0 Å². The van der Waals surface area contributed by atoms with Gasteiger partial charge in [0.25, 0.3) is 5.91 Å². The number of amides is 1. The first kappa shape index (κ1) is 17.7. The van der Waals surface area contributed by atoms with E-state index >= 15 is 0 Å². The number of benzene rings is 1. The van der Waals surface area contributed by atoms with Gasteiger partial charge in [-0.1, -0.05) is 24.3 Å². The number of carbonyl (C=O) groups is 1. The Kier molecular flexibility index (Phi) is 5.24. The third-order valence-corrected chi connectivity index (χ3v) is 4.43. The zero-order chi connectivity index (χ0) is 19.2. The first-order chi connectivity index (χ1) is 13.8. The number of para-hydroxylation sites is 1. The number of rotatable bonds is 7. The van der Waals surface area contributed by atoms with E-state index in [2.05, 4.69) is 42.9 Å². The fraction of sp³-hybridized carbons (Fsp3) is 0.143. The number of aromatic amines is 1. The minimum absolute atomic E-state index is 0.275. The number of aromatic nitrogens is 4. The lowest BCUT2D eigenvalue weighted by atomic mass is 10.1. The van der Waals surface area contributed by atoms with Crippen molar-refractivity contribution in [3.05, 3.63) is 83.9 Å². The summed E-state index contributed by atoms with van der Waals surface area (Å²) >= 11 is 0. The van der Waals surface area contributed by atoms with E-state index in [0.29, 0.717) is 12.4 Å². The van der Waals surface area contributed by atoms with Crippen molar-refractivity contribution >= 4 is 22.6 Å². The van der Waals surface area contributed by atoms with E-state index in [-0.39, 0.29) is 11.6 Å². The van der Waals surface area contributed by atoms with Crippen molar-refractivity contribution in [2.45, 2.75) is 13.0 Å². The highest BCUT2D eigenvalue weighted by Crippen LogP contribution is 2.18. The fourth-order valence-corrected chi connectivity index (χ4v) is 2.98. The molecule has 1 aromatic carbocycles. The molecule has 0 saturated heterocycles. The highest BCUT2D eigenvalue weighted by Gasteiger charge is 2.08. The fourth-order valence-electron chi connectivity index (χ4n) is 2.98. The maximum absolute atomic E-state index is 12.2. The third-order valence-electron chi connectivity index (χ3n) is 4.43. The molecule has 3 N–H and O–H groups in total. The highest BCUT2D eigenvalue weighted by molar-refractivity contribution is 5.92. The molecule has 1 amide bonds. The van der Waals surface area contributed by atoms with E-state index in [1.807, 2.05) is 36.5 Å². The van der Waals surface area contributed by atoms with Crippen LogP contribution in [0.25, 0.3) is 10.9 Å². The smallest absolute Gasteiger partial charge is 0.272 e. The van der Waals surface area contributed by atoms with E-state index in [0.717, 1.165) is 24.2 Å². The van der Waals surface area contributed by atoms with Gasteiger partial charge in [0, 0.05) is 29.8 Å². The van der Waals surface area contributed by atoms with Gasteiger partial charge in [-0.25, -0.2) is 0 Å². The van der Waals surface area contributed by atoms with Crippen LogP contribution < -0.4 is 10.6 Å². The lowest BCUT2D eigenvalue weighted by Crippen LogP contribution is -2.24. The van der Waals surface area contributed by atoms with Crippen LogP contribution in [0.5, 0.6) is 0 Å². The number of nitrogens with zero attached hydrogens (tertiary/aromatic N) is 3.